The van der Waals surface area contributed by atoms with Gasteiger partial charge in [0.2, 0.25) is 5.16 Å². The number of hydrogen-bond acceptors (Lipinski definition) is 9. The Balaban J connectivity index is 1.28. The Labute approximate surface area is 192 Å². The molecular weight excluding hydrogens is 449 g/mol. The first-order chi connectivity index (χ1) is 15.6. The highest BCUT2D eigenvalue weighted by atomic mass is 32.2. The Hall–Kier alpha value is -2.92. The summed E-state index contributed by atoms with van der Waals surface area (Å²) in [5, 5.41) is 9.77. The highest BCUT2D eigenvalue weighted by Gasteiger charge is 2.20. The Bertz CT molecular complexity index is 1260. The van der Waals surface area contributed by atoms with Crippen LogP contribution in [0.3, 0.4) is 0 Å². The molecule has 0 saturated heterocycles. The van der Waals surface area contributed by atoms with E-state index in [0.29, 0.717) is 34.1 Å². The van der Waals surface area contributed by atoms with Gasteiger partial charge in [0.05, 0.1) is 11.1 Å². The third kappa shape index (κ3) is 4.22. The van der Waals surface area contributed by atoms with Crippen LogP contribution in [-0.4, -0.2) is 24.8 Å². The molecule has 0 fully saturated rings. The van der Waals surface area contributed by atoms with Crippen molar-refractivity contribution >= 4 is 39.1 Å². The molecule has 5 rings (SSSR count). The van der Waals surface area contributed by atoms with Gasteiger partial charge in [0.25, 0.3) is 0 Å². The van der Waals surface area contributed by atoms with E-state index in [4.69, 9.17) is 21.3 Å². The molecular formula is C21H22FN7OS2. The lowest BCUT2D eigenvalue weighted by Crippen LogP contribution is -2.15. The minimum Gasteiger partial charge on any atom is -0.486 e. The molecule has 4 aromatic rings. The topological polar surface area (TPSA) is 118 Å². The number of anilines is 1. The Kier molecular flexibility index (Phi) is 5.83. The van der Waals surface area contributed by atoms with E-state index in [2.05, 4.69) is 15.2 Å². The predicted molar refractivity (Wildman–Crippen MR) is 124 cm³/mol. The Morgan fingerprint density at radius 1 is 1.09 bits per heavy atom. The van der Waals surface area contributed by atoms with Crippen molar-refractivity contribution in [1.29, 1.82) is 0 Å². The fourth-order valence-corrected chi connectivity index (χ4v) is 5.80. The number of aromatic nitrogens is 5. The monoisotopic (exact) mass is 471 g/mol. The fraction of sp³-hybridized carbons (Fsp3) is 0.333. The summed E-state index contributed by atoms with van der Waals surface area (Å²) >= 11 is 3.12. The molecule has 0 aliphatic heterocycles. The zero-order valence-electron chi connectivity index (χ0n) is 17.3. The van der Waals surface area contributed by atoms with Gasteiger partial charge in [-0.3, -0.25) is 0 Å². The standard InChI is InChI=1S/C21H22FN7OS2/c22-12-6-8-13(9-7-12)30-10-17-27-28-21(29(17)24)31-11-16-25-19(23)18-14-4-2-1-3-5-15(14)32-20(18)26-16/h6-9H,1-5,10-11,24H2,(H2,23,25,26). The summed E-state index contributed by atoms with van der Waals surface area (Å²) in [6.07, 6.45) is 5.81. The zero-order valence-corrected chi connectivity index (χ0v) is 18.9. The second-order valence-electron chi connectivity index (χ2n) is 7.57. The normalized spacial score (nSPS) is 13.8. The summed E-state index contributed by atoms with van der Waals surface area (Å²) in [7, 11) is 0. The number of fused-ring (bicyclic) bond motifs is 3. The van der Waals surface area contributed by atoms with E-state index in [0.717, 1.165) is 23.1 Å². The lowest BCUT2D eigenvalue weighted by atomic mass is 10.1. The largest absolute Gasteiger partial charge is 0.486 e. The third-order valence-electron chi connectivity index (χ3n) is 5.39. The number of halogens is 1. The molecule has 1 aromatic carbocycles. The van der Waals surface area contributed by atoms with Crippen molar-refractivity contribution in [2.45, 2.75) is 49.6 Å². The number of hydrogen-bond donors (Lipinski definition) is 2. The number of thioether (sulfide) groups is 1. The molecule has 0 bridgehead atoms. The minimum absolute atomic E-state index is 0.117. The number of nitrogens with two attached hydrogens (primary N) is 2. The van der Waals surface area contributed by atoms with E-state index < -0.39 is 0 Å². The highest BCUT2D eigenvalue weighted by molar-refractivity contribution is 7.98. The SMILES string of the molecule is Nc1nc(CSc2nnc(COc3ccc(F)cc3)n2N)nc2sc3c(c12)CCCCC3. The van der Waals surface area contributed by atoms with Crippen LogP contribution < -0.4 is 16.3 Å². The van der Waals surface area contributed by atoms with Gasteiger partial charge in [0, 0.05) is 4.88 Å². The van der Waals surface area contributed by atoms with Crippen molar-refractivity contribution in [3.8, 4) is 5.75 Å². The van der Waals surface area contributed by atoms with Crippen molar-refractivity contribution in [3.63, 3.8) is 0 Å². The van der Waals surface area contributed by atoms with E-state index in [1.807, 2.05) is 0 Å². The first-order valence-corrected chi connectivity index (χ1v) is 12.2. The van der Waals surface area contributed by atoms with E-state index in [1.165, 1.54) is 58.3 Å². The molecule has 1 aliphatic rings. The number of aryl methyl sites for hydroxylation is 2. The van der Waals surface area contributed by atoms with Crippen LogP contribution in [0.25, 0.3) is 10.2 Å². The van der Waals surface area contributed by atoms with Gasteiger partial charge in [0.1, 0.15) is 34.6 Å². The smallest absolute Gasteiger partial charge is 0.210 e. The number of benzene rings is 1. The summed E-state index contributed by atoms with van der Waals surface area (Å²) in [5.74, 6) is 8.44. The van der Waals surface area contributed by atoms with Crippen molar-refractivity contribution < 1.29 is 9.13 Å². The minimum atomic E-state index is -0.322. The summed E-state index contributed by atoms with van der Waals surface area (Å²) in [5.41, 5.74) is 7.67. The summed E-state index contributed by atoms with van der Waals surface area (Å²) in [4.78, 5) is 11.7. The Morgan fingerprint density at radius 3 is 2.75 bits per heavy atom. The molecule has 11 heteroatoms. The average molecular weight is 472 g/mol. The molecule has 0 spiro atoms. The van der Waals surface area contributed by atoms with Crippen molar-refractivity contribution in [2.24, 2.45) is 0 Å². The molecule has 0 saturated carbocycles. The number of ether oxygens (including phenoxy) is 1. The van der Waals surface area contributed by atoms with E-state index in [1.54, 1.807) is 23.5 Å². The fourth-order valence-electron chi connectivity index (χ4n) is 3.78. The van der Waals surface area contributed by atoms with Crippen LogP contribution in [0.5, 0.6) is 5.75 Å². The van der Waals surface area contributed by atoms with E-state index in [-0.39, 0.29) is 12.4 Å². The van der Waals surface area contributed by atoms with Crippen LogP contribution in [0.2, 0.25) is 0 Å². The maximum atomic E-state index is 13.0. The lowest BCUT2D eigenvalue weighted by Gasteiger charge is -2.07. The first kappa shape index (κ1) is 21.0. The molecule has 0 radical (unpaired) electrons. The van der Waals surface area contributed by atoms with E-state index >= 15 is 0 Å². The number of nitrogen functional groups attached to an aromatic ring is 2. The summed E-state index contributed by atoms with van der Waals surface area (Å²) in [6.45, 7) is 0.117. The van der Waals surface area contributed by atoms with Crippen molar-refractivity contribution in [2.75, 3.05) is 11.6 Å². The summed E-state index contributed by atoms with van der Waals surface area (Å²) in [6, 6.07) is 5.75. The molecule has 32 heavy (non-hydrogen) atoms. The maximum absolute atomic E-state index is 13.0. The maximum Gasteiger partial charge on any atom is 0.210 e. The van der Waals surface area contributed by atoms with Gasteiger partial charge >= 0.3 is 0 Å². The molecule has 1 aliphatic carbocycles. The first-order valence-electron chi connectivity index (χ1n) is 10.4. The van der Waals surface area contributed by atoms with Crippen molar-refractivity contribution in [1.82, 2.24) is 24.8 Å². The zero-order chi connectivity index (χ0) is 22.1. The van der Waals surface area contributed by atoms with Gasteiger partial charge in [-0.2, -0.15) is 0 Å². The van der Waals surface area contributed by atoms with Gasteiger partial charge in [-0.1, -0.05) is 18.2 Å². The van der Waals surface area contributed by atoms with Crippen LogP contribution in [0, 0.1) is 5.82 Å². The molecule has 4 N–H and O–H groups in total. The number of thiophene rings is 1. The highest BCUT2D eigenvalue weighted by Crippen LogP contribution is 2.37. The van der Waals surface area contributed by atoms with Gasteiger partial charge in [-0.05, 0) is 55.5 Å². The quantitative estimate of drug-likeness (QED) is 0.247. The van der Waals surface area contributed by atoms with Gasteiger partial charge in [-0.15, -0.1) is 21.5 Å². The second kappa shape index (κ2) is 8.91. The molecule has 0 unspecified atom stereocenters. The average Bonchev–Trinajstić information content (AvgIpc) is 3.22. The van der Waals surface area contributed by atoms with E-state index in [9.17, 15) is 4.39 Å². The number of rotatable bonds is 6. The third-order valence-corrected chi connectivity index (χ3v) is 7.51. The van der Waals surface area contributed by atoms with Crippen LogP contribution in [0.15, 0.2) is 29.4 Å². The van der Waals surface area contributed by atoms with Crippen LogP contribution in [-0.2, 0) is 25.2 Å². The molecule has 8 nitrogen and oxygen atoms in total. The van der Waals surface area contributed by atoms with Gasteiger partial charge in [0.15, 0.2) is 5.82 Å². The van der Waals surface area contributed by atoms with Gasteiger partial charge in [-0.25, -0.2) is 19.0 Å². The van der Waals surface area contributed by atoms with Crippen molar-refractivity contribution in [3.05, 3.63) is 52.2 Å². The second-order valence-corrected chi connectivity index (χ2v) is 9.60. The molecule has 166 valence electrons. The molecule has 0 atom stereocenters. The molecule has 3 aromatic heterocycles. The molecule has 0 amide bonds. The van der Waals surface area contributed by atoms with Crippen LogP contribution >= 0.6 is 23.1 Å². The van der Waals surface area contributed by atoms with Gasteiger partial charge < -0.3 is 16.3 Å². The predicted octanol–water partition coefficient (Wildman–Crippen LogP) is 3.86. The van der Waals surface area contributed by atoms with Crippen LogP contribution in [0.4, 0.5) is 10.2 Å². The lowest BCUT2D eigenvalue weighted by molar-refractivity contribution is 0.291. The summed E-state index contributed by atoms with van der Waals surface area (Å²) < 4.78 is 20.0. The Morgan fingerprint density at radius 2 is 1.91 bits per heavy atom. The molecule has 3 heterocycles. The van der Waals surface area contributed by atoms with Crippen LogP contribution in [0.1, 0.15) is 41.4 Å². The number of nitrogens with zero attached hydrogens (tertiary/aromatic N) is 5.